The number of nitro groups is 1. The van der Waals surface area contributed by atoms with Gasteiger partial charge >= 0.3 is 0 Å². The van der Waals surface area contributed by atoms with E-state index in [-0.39, 0.29) is 5.69 Å². The SMILES string of the molecule is CCCCCOc1ccc(O[C@H](C)C(=O)N/N=C\c2ccccc2[N+](=O)[O-])cc1. The van der Waals surface area contributed by atoms with Crippen molar-refractivity contribution in [1.29, 1.82) is 0 Å². The molecule has 8 heteroatoms. The lowest BCUT2D eigenvalue weighted by Gasteiger charge is -2.13. The number of carbonyl (C=O) groups is 1. The van der Waals surface area contributed by atoms with Crippen molar-refractivity contribution in [3.8, 4) is 11.5 Å². The number of carbonyl (C=O) groups excluding carboxylic acids is 1. The first-order valence-corrected chi connectivity index (χ1v) is 9.47. The van der Waals surface area contributed by atoms with Gasteiger partial charge in [0.1, 0.15) is 11.5 Å². The first-order valence-electron chi connectivity index (χ1n) is 9.47. The van der Waals surface area contributed by atoms with E-state index >= 15 is 0 Å². The molecule has 0 aliphatic rings. The third-order valence-electron chi connectivity index (χ3n) is 4.03. The molecule has 0 saturated carbocycles. The molecular formula is C21H25N3O5. The van der Waals surface area contributed by atoms with Crippen LogP contribution in [0.25, 0.3) is 0 Å². The second kappa shape index (κ2) is 11.4. The standard InChI is InChI=1S/C21H25N3O5/c1-3-4-7-14-28-18-10-12-19(13-11-18)29-16(2)21(25)23-22-15-17-8-5-6-9-20(17)24(26)27/h5-6,8-13,15-16H,3-4,7,14H2,1-2H3,(H,23,25)/b22-15-/t16-/m1/s1. The van der Waals surface area contributed by atoms with Gasteiger partial charge in [-0.2, -0.15) is 5.10 Å². The van der Waals surface area contributed by atoms with Crippen LogP contribution in [0.15, 0.2) is 53.6 Å². The Morgan fingerprint density at radius 1 is 1.17 bits per heavy atom. The highest BCUT2D eigenvalue weighted by molar-refractivity contribution is 5.87. The maximum absolute atomic E-state index is 12.1. The van der Waals surface area contributed by atoms with Gasteiger partial charge in [0.2, 0.25) is 0 Å². The predicted octanol–water partition coefficient (Wildman–Crippen LogP) is 4.08. The molecule has 2 aromatic rings. The van der Waals surface area contributed by atoms with Crippen molar-refractivity contribution in [2.24, 2.45) is 5.10 Å². The molecule has 0 aliphatic heterocycles. The van der Waals surface area contributed by atoms with Crippen molar-refractivity contribution in [2.45, 2.75) is 39.2 Å². The molecule has 1 N–H and O–H groups in total. The summed E-state index contributed by atoms with van der Waals surface area (Å²) in [5.74, 6) is 0.801. The number of nitro benzene ring substituents is 1. The summed E-state index contributed by atoms with van der Waals surface area (Å²) in [5.41, 5.74) is 2.53. The third kappa shape index (κ3) is 7.25. The fourth-order valence-electron chi connectivity index (χ4n) is 2.43. The van der Waals surface area contributed by atoms with E-state index in [1.54, 1.807) is 49.4 Å². The van der Waals surface area contributed by atoms with Gasteiger partial charge in [-0.25, -0.2) is 5.43 Å². The molecule has 0 aromatic heterocycles. The maximum atomic E-state index is 12.1. The van der Waals surface area contributed by atoms with Gasteiger partial charge < -0.3 is 9.47 Å². The molecule has 0 aliphatic carbocycles. The molecule has 0 saturated heterocycles. The first kappa shape index (κ1) is 21.9. The second-order valence-corrected chi connectivity index (χ2v) is 6.34. The van der Waals surface area contributed by atoms with Crippen LogP contribution in [0.3, 0.4) is 0 Å². The number of benzene rings is 2. The molecule has 0 bridgehead atoms. The van der Waals surface area contributed by atoms with E-state index in [2.05, 4.69) is 17.5 Å². The highest BCUT2D eigenvalue weighted by Gasteiger charge is 2.15. The summed E-state index contributed by atoms with van der Waals surface area (Å²) < 4.78 is 11.2. The van der Waals surface area contributed by atoms with Crippen LogP contribution < -0.4 is 14.9 Å². The molecule has 0 radical (unpaired) electrons. The number of nitrogens with one attached hydrogen (secondary N) is 1. The topological polar surface area (TPSA) is 103 Å². The number of unbranched alkanes of at least 4 members (excludes halogenated alkanes) is 2. The van der Waals surface area contributed by atoms with Gasteiger partial charge in [-0.3, -0.25) is 14.9 Å². The molecule has 0 heterocycles. The number of ether oxygens (including phenoxy) is 2. The fourth-order valence-corrected chi connectivity index (χ4v) is 2.43. The van der Waals surface area contributed by atoms with E-state index in [1.165, 1.54) is 12.3 Å². The quantitative estimate of drug-likeness (QED) is 0.265. The predicted molar refractivity (Wildman–Crippen MR) is 110 cm³/mol. The normalized spacial score (nSPS) is 11.8. The number of hydrazone groups is 1. The smallest absolute Gasteiger partial charge is 0.280 e. The molecule has 29 heavy (non-hydrogen) atoms. The van der Waals surface area contributed by atoms with Gasteiger partial charge in [0.05, 0.1) is 23.3 Å². The summed E-state index contributed by atoms with van der Waals surface area (Å²) in [6, 6.07) is 13.2. The maximum Gasteiger partial charge on any atom is 0.280 e. The zero-order chi connectivity index (χ0) is 21.1. The summed E-state index contributed by atoms with van der Waals surface area (Å²) >= 11 is 0. The molecule has 1 amide bonds. The Kier molecular flexibility index (Phi) is 8.62. The van der Waals surface area contributed by atoms with Crippen LogP contribution in [0.4, 0.5) is 5.69 Å². The Hall–Kier alpha value is -3.42. The van der Waals surface area contributed by atoms with Crippen molar-refractivity contribution in [2.75, 3.05) is 6.61 Å². The molecule has 2 aromatic carbocycles. The number of para-hydroxylation sites is 1. The molecule has 8 nitrogen and oxygen atoms in total. The van der Waals surface area contributed by atoms with Gasteiger partial charge in [0.15, 0.2) is 6.10 Å². The highest BCUT2D eigenvalue weighted by Crippen LogP contribution is 2.19. The van der Waals surface area contributed by atoms with Crippen molar-refractivity contribution < 1.29 is 19.2 Å². The van der Waals surface area contributed by atoms with E-state index in [1.807, 2.05) is 0 Å². The summed E-state index contributed by atoms with van der Waals surface area (Å²) in [6.07, 6.45) is 3.72. The van der Waals surface area contributed by atoms with Crippen molar-refractivity contribution in [3.05, 3.63) is 64.2 Å². The first-order chi connectivity index (χ1) is 14.0. The average Bonchev–Trinajstić information content (AvgIpc) is 2.72. The molecule has 1 atom stereocenters. The number of hydrogen-bond acceptors (Lipinski definition) is 6. The Morgan fingerprint density at radius 3 is 2.55 bits per heavy atom. The molecule has 0 unspecified atom stereocenters. The van der Waals surface area contributed by atoms with E-state index in [0.717, 1.165) is 25.0 Å². The van der Waals surface area contributed by atoms with Gasteiger partial charge in [0.25, 0.3) is 11.6 Å². The zero-order valence-corrected chi connectivity index (χ0v) is 16.5. The van der Waals surface area contributed by atoms with Gasteiger partial charge in [0, 0.05) is 6.07 Å². The summed E-state index contributed by atoms with van der Waals surface area (Å²) in [7, 11) is 0. The average molecular weight is 399 g/mol. The van der Waals surface area contributed by atoms with Crippen LogP contribution in [0.2, 0.25) is 0 Å². The largest absolute Gasteiger partial charge is 0.494 e. The van der Waals surface area contributed by atoms with Gasteiger partial charge in [-0.1, -0.05) is 31.9 Å². The molecule has 2 rings (SSSR count). The monoisotopic (exact) mass is 399 g/mol. The van der Waals surface area contributed by atoms with E-state index in [0.29, 0.717) is 17.9 Å². The van der Waals surface area contributed by atoms with Crippen molar-refractivity contribution >= 4 is 17.8 Å². The van der Waals surface area contributed by atoms with Crippen LogP contribution in [-0.4, -0.2) is 29.8 Å². The highest BCUT2D eigenvalue weighted by atomic mass is 16.6. The van der Waals surface area contributed by atoms with Gasteiger partial charge in [-0.05, 0) is 43.7 Å². The van der Waals surface area contributed by atoms with Crippen molar-refractivity contribution in [1.82, 2.24) is 5.43 Å². The summed E-state index contributed by atoms with van der Waals surface area (Å²) in [6.45, 7) is 4.40. The van der Waals surface area contributed by atoms with Crippen LogP contribution >= 0.6 is 0 Å². The minimum atomic E-state index is -0.797. The van der Waals surface area contributed by atoms with Crippen LogP contribution in [0, 0.1) is 10.1 Å². The van der Waals surface area contributed by atoms with Crippen LogP contribution in [0.1, 0.15) is 38.7 Å². The molecular weight excluding hydrogens is 374 g/mol. The van der Waals surface area contributed by atoms with Crippen molar-refractivity contribution in [3.63, 3.8) is 0 Å². The van der Waals surface area contributed by atoms with E-state index in [4.69, 9.17) is 9.47 Å². The Labute approximate surface area is 169 Å². The number of hydrogen-bond donors (Lipinski definition) is 1. The Morgan fingerprint density at radius 2 is 1.86 bits per heavy atom. The third-order valence-corrected chi connectivity index (χ3v) is 4.03. The number of rotatable bonds is 11. The Bertz CT molecular complexity index is 836. The summed E-state index contributed by atoms with van der Waals surface area (Å²) in [5, 5.41) is 14.8. The second-order valence-electron chi connectivity index (χ2n) is 6.34. The number of amides is 1. The lowest BCUT2D eigenvalue weighted by Crippen LogP contribution is -2.33. The fraction of sp³-hybridized carbons (Fsp3) is 0.333. The van der Waals surface area contributed by atoms with Crippen LogP contribution in [-0.2, 0) is 4.79 Å². The van der Waals surface area contributed by atoms with Gasteiger partial charge in [-0.15, -0.1) is 0 Å². The minimum absolute atomic E-state index is 0.0909. The van der Waals surface area contributed by atoms with E-state index in [9.17, 15) is 14.9 Å². The zero-order valence-electron chi connectivity index (χ0n) is 16.5. The molecule has 154 valence electrons. The van der Waals surface area contributed by atoms with Crippen LogP contribution in [0.5, 0.6) is 11.5 Å². The lowest BCUT2D eigenvalue weighted by atomic mass is 10.2. The molecule has 0 spiro atoms. The molecule has 0 fully saturated rings. The summed E-state index contributed by atoms with van der Waals surface area (Å²) in [4.78, 5) is 22.6. The number of nitrogens with zero attached hydrogens (tertiary/aromatic N) is 2. The minimum Gasteiger partial charge on any atom is -0.494 e. The lowest BCUT2D eigenvalue weighted by molar-refractivity contribution is -0.385. The Balaban J connectivity index is 1.84. The van der Waals surface area contributed by atoms with E-state index < -0.39 is 16.9 Å².